The number of rotatable bonds is 2. The standard InChI is InChI=1S/C10H10FN/c1-8-4-5-10(11)9(7-8)3-2-6-12/h4-5,7H,2-3H2,1H3. The van der Waals surface area contributed by atoms with E-state index in [1.165, 1.54) is 6.07 Å². The Morgan fingerprint density at radius 1 is 1.50 bits per heavy atom. The molecule has 0 aliphatic heterocycles. The van der Waals surface area contributed by atoms with Gasteiger partial charge in [-0.3, -0.25) is 0 Å². The summed E-state index contributed by atoms with van der Waals surface area (Å²) in [4.78, 5) is 0. The van der Waals surface area contributed by atoms with Crippen LogP contribution in [0.1, 0.15) is 17.5 Å². The Bertz CT molecular complexity index is 312. The fraction of sp³-hybridized carbons (Fsp3) is 0.300. The number of benzene rings is 1. The van der Waals surface area contributed by atoms with E-state index in [4.69, 9.17) is 5.26 Å². The average Bonchev–Trinajstić information content (AvgIpc) is 2.07. The lowest BCUT2D eigenvalue weighted by Gasteiger charge is -2.00. The third-order valence-electron chi connectivity index (χ3n) is 1.71. The molecule has 0 fully saturated rings. The molecule has 0 amide bonds. The summed E-state index contributed by atoms with van der Waals surface area (Å²) in [7, 11) is 0. The van der Waals surface area contributed by atoms with Crippen molar-refractivity contribution in [3.8, 4) is 6.07 Å². The molecule has 0 spiro atoms. The van der Waals surface area contributed by atoms with Crippen LogP contribution in [0.15, 0.2) is 18.2 Å². The molecule has 1 aromatic carbocycles. The summed E-state index contributed by atoms with van der Waals surface area (Å²) in [5, 5.41) is 8.32. The first-order chi connectivity index (χ1) is 5.74. The van der Waals surface area contributed by atoms with Crippen molar-refractivity contribution in [3.63, 3.8) is 0 Å². The van der Waals surface area contributed by atoms with Gasteiger partial charge in [0.25, 0.3) is 0 Å². The van der Waals surface area contributed by atoms with Crippen LogP contribution in [-0.4, -0.2) is 0 Å². The van der Waals surface area contributed by atoms with Gasteiger partial charge in [0.05, 0.1) is 6.07 Å². The van der Waals surface area contributed by atoms with Gasteiger partial charge >= 0.3 is 0 Å². The molecule has 1 nitrogen and oxygen atoms in total. The van der Waals surface area contributed by atoms with Crippen molar-refractivity contribution in [2.75, 3.05) is 0 Å². The van der Waals surface area contributed by atoms with Crippen molar-refractivity contribution in [1.29, 1.82) is 5.26 Å². The minimum Gasteiger partial charge on any atom is -0.207 e. The molecule has 0 heterocycles. The zero-order chi connectivity index (χ0) is 8.97. The predicted octanol–water partition coefficient (Wildman–Crippen LogP) is 2.59. The molecule has 0 saturated heterocycles. The molecular formula is C10H10FN. The molecule has 0 saturated carbocycles. The van der Waals surface area contributed by atoms with Crippen LogP contribution in [-0.2, 0) is 6.42 Å². The summed E-state index contributed by atoms with van der Waals surface area (Å²) in [5.41, 5.74) is 1.67. The second kappa shape index (κ2) is 3.87. The first-order valence-electron chi connectivity index (χ1n) is 3.86. The Hall–Kier alpha value is -1.36. The van der Waals surface area contributed by atoms with Crippen molar-refractivity contribution in [1.82, 2.24) is 0 Å². The molecule has 0 atom stereocenters. The number of hydrogen-bond donors (Lipinski definition) is 0. The molecule has 1 aromatic rings. The topological polar surface area (TPSA) is 23.8 Å². The van der Waals surface area contributed by atoms with Crippen molar-refractivity contribution in [2.24, 2.45) is 0 Å². The van der Waals surface area contributed by atoms with Gasteiger partial charge in [0.15, 0.2) is 0 Å². The number of aryl methyl sites for hydroxylation is 2. The van der Waals surface area contributed by atoms with Gasteiger partial charge in [0.1, 0.15) is 5.82 Å². The molecule has 2 heteroatoms. The largest absolute Gasteiger partial charge is 0.207 e. The van der Waals surface area contributed by atoms with Crippen molar-refractivity contribution >= 4 is 0 Å². The smallest absolute Gasteiger partial charge is 0.126 e. The minimum atomic E-state index is -0.212. The summed E-state index contributed by atoms with van der Waals surface area (Å²) in [6, 6.07) is 6.95. The van der Waals surface area contributed by atoms with Crippen LogP contribution < -0.4 is 0 Å². The van der Waals surface area contributed by atoms with Gasteiger partial charge in [-0.15, -0.1) is 0 Å². The SMILES string of the molecule is Cc1ccc(F)c(CCC#N)c1. The molecule has 0 N–H and O–H groups in total. The minimum absolute atomic E-state index is 0.212. The van der Waals surface area contributed by atoms with Crippen molar-refractivity contribution in [2.45, 2.75) is 19.8 Å². The maximum atomic E-state index is 13.0. The number of nitriles is 1. The van der Waals surface area contributed by atoms with E-state index in [1.807, 2.05) is 13.0 Å². The Kier molecular flexibility index (Phi) is 2.82. The molecule has 62 valence electrons. The van der Waals surface area contributed by atoms with E-state index in [0.717, 1.165) is 5.56 Å². The second-order valence-electron chi connectivity index (χ2n) is 2.75. The van der Waals surface area contributed by atoms with Gasteiger partial charge in [-0.05, 0) is 25.0 Å². The van der Waals surface area contributed by atoms with E-state index in [0.29, 0.717) is 18.4 Å². The van der Waals surface area contributed by atoms with Gasteiger partial charge in [-0.2, -0.15) is 5.26 Å². The highest BCUT2D eigenvalue weighted by Gasteiger charge is 2.00. The van der Waals surface area contributed by atoms with Gasteiger partial charge in [0, 0.05) is 6.42 Å². The van der Waals surface area contributed by atoms with E-state index in [2.05, 4.69) is 0 Å². The van der Waals surface area contributed by atoms with Gasteiger partial charge < -0.3 is 0 Å². The highest BCUT2D eigenvalue weighted by molar-refractivity contribution is 5.24. The molecular weight excluding hydrogens is 153 g/mol. The van der Waals surface area contributed by atoms with Crippen LogP contribution in [0.5, 0.6) is 0 Å². The number of hydrogen-bond acceptors (Lipinski definition) is 1. The van der Waals surface area contributed by atoms with Crippen molar-refractivity contribution in [3.05, 3.63) is 35.1 Å². The van der Waals surface area contributed by atoms with Gasteiger partial charge in [0.2, 0.25) is 0 Å². The monoisotopic (exact) mass is 163 g/mol. The molecule has 1 rings (SSSR count). The van der Waals surface area contributed by atoms with Crippen LogP contribution in [0, 0.1) is 24.1 Å². The van der Waals surface area contributed by atoms with E-state index < -0.39 is 0 Å². The summed E-state index contributed by atoms with van der Waals surface area (Å²) >= 11 is 0. The maximum absolute atomic E-state index is 13.0. The molecule has 0 aliphatic rings. The summed E-state index contributed by atoms with van der Waals surface area (Å²) < 4.78 is 13.0. The van der Waals surface area contributed by atoms with Crippen LogP contribution in [0.3, 0.4) is 0 Å². The molecule has 0 unspecified atom stereocenters. The summed E-state index contributed by atoms with van der Waals surface area (Å²) in [6.45, 7) is 1.91. The Morgan fingerprint density at radius 2 is 2.25 bits per heavy atom. The molecule has 0 aliphatic carbocycles. The van der Waals surface area contributed by atoms with Gasteiger partial charge in [-0.25, -0.2) is 4.39 Å². The molecule has 12 heavy (non-hydrogen) atoms. The first kappa shape index (κ1) is 8.73. The van der Waals surface area contributed by atoms with E-state index in [1.54, 1.807) is 12.1 Å². The average molecular weight is 163 g/mol. The lowest BCUT2D eigenvalue weighted by atomic mass is 10.1. The number of nitrogens with zero attached hydrogens (tertiary/aromatic N) is 1. The Morgan fingerprint density at radius 3 is 2.92 bits per heavy atom. The first-order valence-corrected chi connectivity index (χ1v) is 3.86. The van der Waals surface area contributed by atoms with Crippen LogP contribution in [0.4, 0.5) is 4.39 Å². The van der Waals surface area contributed by atoms with E-state index in [-0.39, 0.29) is 5.82 Å². The predicted molar refractivity (Wildman–Crippen MR) is 45.1 cm³/mol. The van der Waals surface area contributed by atoms with E-state index >= 15 is 0 Å². The summed E-state index contributed by atoms with van der Waals surface area (Å²) in [5.74, 6) is -0.212. The lowest BCUT2D eigenvalue weighted by Crippen LogP contribution is -1.90. The van der Waals surface area contributed by atoms with Crippen LogP contribution in [0.2, 0.25) is 0 Å². The van der Waals surface area contributed by atoms with Crippen molar-refractivity contribution < 1.29 is 4.39 Å². The fourth-order valence-corrected chi connectivity index (χ4v) is 1.09. The number of halogens is 1. The van der Waals surface area contributed by atoms with Crippen LogP contribution in [0.25, 0.3) is 0 Å². The third-order valence-corrected chi connectivity index (χ3v) is 1.71. The highest BCUT2D eigenvalue weighted by atomic mass is 19.1. The lowest BCUT2D eigenvalue weighted by molar-refractivity contribution is 0.609. The van der Waals surface area contributed by atoms with E-state index in [9.17, 15) is 4.39 Å². The van der Waals surface area contributed by atoms with Gasteiger partial charge in [-0.1, -0.05) is 17.7 Å². The van der Waals surface area contributed by atoms with Crippen LogP contribution >= 0.6 is 0 Å². The summed E-state index contributed by atoms with van der Waals surface area (Å²) in [6.07, 6.45) is 0.879. The second-order valence-corrected chi connectivity index (χ2v) is 2.75. The normalized spacial score (nSPS) is 9.42. The highest BCUT2D eigenvalue weighted by Crippen LogP contribution is 2.11. The molecule has 0 radical (unpaired) electrons. The Balaban J connectivity index is 2.84. The Labute approximate surface area is 71.4 Å². The fourth-order valence-electron chi connectivity index (χ4n) is 1.09. The maximum Gasteiger partial charge on any atom is 0.126 e. The zero-order valence-corrected chi connectivity index (χ0v) is 6.97. The molecule has 0 bridgehead atoms. The zero-order valence-electron chi connectivity index (χ0n) is 6.97. The molecule has 0 aromatic heterocycles. The quantitative estimate of drug-likeness (QED) is 0.657. The third kappa shape index (κ3) is 2.06.